The van der Waals surface area contributed by atoms with Gasteiger partial charge < -0.3 is 4.74 Å². The second-order valence-corrected chi connectivity index (χ2v) is 1.79. The van der Waals surface area contributed by atoms with Crippen molar-refractivity contribution in [2.75, 3.05) is 7.11 Å². The molecule has 0 spiro atoms. The predicted octanol–water partition coefficient (Wildman–Crippen LogP) is 1.54. The third kappa shape index (κ3) is 1.33. The maximum Gasteiger partial charge on any atom is 0.232 e. The van der Waals surface area contributed by atoms with Crippen molar-refractivity contribution in [3.05, 3.63) is 23.4 Å². The number of methoxy groups -OCH3 is 1. The lowest BCUT2D eigenvalue weighted by atomic mass is 10.5. The van der Waals surface area contributed by atoms with Crippen LogP contribution in [0.4, 0.5) is 0 Å². The molecule has 0 fully saturated rings. The molecule has 1 rings (SSSR count). The normalized spacial score (nSPS) is 9.11. The first-order chi connectivity index (χ1) is 4.34. The molecule has 0 aliphatic heterocycles. The molecule has 0 aliphatic rings. The molecule has 1 radical (unpaired) electrons. The van der Waals surface area contributed by atoms with Crippen molar-refractivity contribution in [2.24, 2.45) is 0 Å². The smallest absolute Gasteiger partial charge is 0.232 e. The summed E-state index contributed by atoms with van der Waals surface area (Å²) >= 11 is 5.58. The molecular formula is C6H5ClNO. The number of pyridine rings is 1. The van der Waals surface area contributed by atoms with Crippen LogP contribution in [0.2, 0.25) is 5.02 Å². The van der Waals surface area contributed by atoms with Gasteiger partial charge in [0, 0.05) is 12.3 Å². The van der Waals surface area contributed by atoms with Crippen molar-refractivity contribution < 1.29 is 4.74 Å². The van der Waals surface area contributed by atoms with Crippen LogP contribution in [0.25, 0.3) is 0 Å². The molecule has 0 amide bonds. The van der Waals surface area contributed by atoms with Gasteiger partial charge in [0.15, 0.2) is 0 Å². The second-order valence-electron chi connectivity index (χ2n) is 1.41. The highest BCUT2D eigenvalue weighted by molar-refractivity contribution is 6.31. The van der Waals surface area contributed by atoms with E-state index in [4.69, 9.17) is 16.3 Å². The van der Waals surface area contributed by atoms with Gasteiger partial charge in [-0.05, 0) is 6.07 Å². The molecule has 0 atom stereocenters. The van der Waals surface area contributed by atoms with E-state index >= 15 is 0 Å². The number of aromatic nitrogens is 1. The molecule has 0 unspecified atom stereocenters. The summed E-state index contributed by atoms with van der Waals surface area (Å²) in [5.41, 5.74) is 0. The predicted molar refractivity (Wildman–Crippen MR) is 34.6 cm³/mol. The second kappa shape index (κ2) is 2.69. The molecule has 0 saturated carbocycles. The van der Waals surface area contributed by atoms with Crippen LogP contribution in [-0.2, 0) is 0 Å². The largest absolute Gasteiger partial charge is 0.480 e. The summed E-state index contributed by atoms with van der Waals surface area (Å²) < 4.78 is 4.77. The highest BCUT2D eigenvalue weighted by Gasteiger charge is 1.96. The summed E-state index contributed by atoms with van der Waals surface area (Å²) in [5.74, 6) is 0.416. The zero-order chi connectivity index (χ0) is 6.69. The molecule has 0 bridgehead atoms. The summed E-state index contributed by atoms with van der Waals surface area (Å²) in [6, 6.07) is 4.36. The molecule has 47 valence electrons. The fourth-order valence-corrected chi connectivity index (χ4v) is 0.665. The molecule has 0 N–H and O–H groups in total. The van der Waals surface area contributed by atoms with E-state index < -0.39 is 0 Å². The quantitative estimate of drug-likeness (QED) is 0.594. The van der Waals surface area contributed by atoms with Crippen molar-refractivity contribution >= 4 is 11.6 Å². The zero-order valence-electron chi connectivity index (χ0n) is 4.89. The van der Waals surface area contributed by atoms with E-state index in [1.165, 1.54) is 7.11 Å². The first kappa shape index (κ1) is 6.36. The van der Waals surface area contributed by atoms with Gasteiger partial charge in [0.25, 0.3) is 0 Å². The Morgan fingerprint density at radius 1 is 1.78 bits per heavy atom. The minimum Gasteiger partial charge on any atom is -0.480 e. The lowest BCUT2D eigenvalue weighted by Gasteiger charge is -1.96. The van der Waals surface area contributed by atoms with Gasteiger partial charge in [0.2, 0.25) is 5.88 Å². The molecule has 2 nitrogen and oxygen atoms in total. The Morgan fingerprint density at radius 2 is 2.56 bits per heavy atom. The Morgan fingerprint density at radius 3 is 3.00 bits per heavy atom. The van der Waals surface area contributed by atoms with E-state index in [-0.39, 0.29) is 0 Å². The van der Waals surface area contributed by atoms with Gasteiger partial charge in [0.1, 0.15) is 5.02 Å². The summed E-state index contributed by atoms with van der Waals surface area (Å²) in [5, 5.41) is 0.417. The Kier molecular flexibility index (Phi) is 1.90. The fourth-order valence-electron chi connectivity index (χ4n) is 0.476. The standard InChI is InChI=1S/C6H5ClNO/c1-9-6-5(7)3-2-4-8-6/h2,4H,1H3. The number of hydrogen-bond acceptors (Lipinski definition) is 2. The van der Waals surface area contributed by atoms with Gasteiger partial charge in [-0.25, -0.2) is 4.98 Å². The summed E-state index contributed by atoms with van der Waals surface area (Å²) in [7, 11) is 1.52. The molecule has 1 aromatic heterocycles. The van der Waals surface area contributed by atoms with Crippen LogP contribution in [0.1, 0.15) is 0 Å². The average molecular weight is 143 g/mol. The first-order valence-electron chi connectivity index (χ1n) is 2.41. The monoisotopic (exact) mass is 142 g/mol. The minimum atomic E-state index is 0.416. The van der Waals surface area contributed by atoms with Gasteiger partial charge in [-0.2, -0.15) is 0 Å². The molecular weight excluding hydrogens is 138 g/mol. The van der Waals surface area contributed by atoms with E-state index in [0.29, 0.717) is 10.9 Å². The molecule has 9 heavy (non-hydrogen) atoms. The van der Waals surface area contributed by atoms with Crippen molar-refractivity contribution in [3.63, 3.8) is 0 Å². The Bertz CT molecular complexity index is 202. The maximum absolute atomic E-state index is 5.58. The lowest BCUT2D eigenvalue weighted by Crippen LogP contribution is -1.86. The Hall–Kier alpha value is -0.760. The summed E-state index contributed by atoms with van der Waals surface area (Å²) in [6.07, 6.45) is 1.57. The number of rotatable bonds is 1. The van der Waals surface area contributed by atoms with Gasteiger partial charge in [0.05, 0.1) is 7.11 Å². The SMILES string of the molecule is COc1ncc[c]c1Cl. The molecule has 0 aromatic carbocycles. The van der Waals surface area contributed by atoms with Crippen LogP contribution in [-0.4, -0.2) is 12.1 Å². The molecule has 1 heterocycles. The van der Waals surface area contributed by atoms with Crippen molar-refractivity contribution in [2.45, 2.75) is 0 Å². The third-order valence-electron chi connectivity index (χ3n) is 0.857. The van der Waals surface area contributed by atoms with E-state index in [0.717, 1.165) is 0 Å². The van der Waals surface area contributed by atoms with Gasteiger partial charge in [-0.15, -0.1) is 0 Å². The van der Waals surface area contributed by atoms with Gasteiger partial charge in [-0.1, -0.05) is 11.6 Å². The van der Waals surface area contributed by atoms with Crippen LogP contribution in [0.3, 0.4) is 0 Å². The molecule has 3 heteroatoms. The third-order valence-corrected chi connectivity index (χ3v) is 1.13. The molecule has 1 aromatic rings. The summed E-state index contributed by atoms with van der Waals surface area (Å²) in [4.78, 5) is 3.81. The van der Waals surface area contributed by atoms with Gasteiger partial charge in [-0.3, -0.25) is 0 Å². The van der Waals surface area contributed by atoms with Crippen LogP contribution >= 0.6 is 11.6 Å². The van der Waals surface area contributed by atoms with Crippen LogP contribution in [0.5, 0.6) is 5.88 Å². The zero-order valence-corrected chi connectivity index (χ0v) is 5.64. The fraction of sp³-hybridized carbons (Fsp3) is 0.167. The highest BCUT2D eigenvalue weighted by Crippen LogP contribution is 2.17. The topological polar surface area (TPSA) is 22.1 Å². The Labute approximate surface area is 58.4 Å². The average Bonchev–Trinajstić information content (AvgIpc) is 1.89. The van der Waals surface area contributed by atoms with Gasteiger partial charge >= 0.3 is 0 Å². The maximum atomic E-state index is 5.58. The molecule has 0 saturated heterocycles. The Balaban J connectivity index is 3.01. The lowest BCUT2D eigenvalue weighted by molar-refractivity contribution is 0.398. The van der Waals surface area contributed by atoms with E-state index in [1.54, 1.807) is 12.3 Å². The first-order valence-corrected chi connectivity index (χ1v) is 2.78. The highest BCUT2D eigenvalue weighted by atomic mass is 35.5. The van der Waals surface area contributed by atoms with E-state index in [2.05, 4.69) is 11.1 Å². The molecule has 0 aliphatic carbocycles. The van der Waals surface area contributed by atoms with Crippen LogP contribution in [0, 0.1) is 6.07 Å². The van der Waals surface area contributed by atoms with Crippen molar-refractivity contribution in [1.82, 2.24) is 4.98 Å². The van der Waals surface area contributed by atoms with Crippen molar-refractivity contribution in [1.29, 1.82) is 0 Å². The van der Waals surface area contributed by atoms with Crippen molar-refractivity contribution in [3.8, 4) is 5.88 Å². The number of nitrogens with zero attached hydrogens (tertiary/aromatic N) is 1. The van der Waals surface area contributed by atoms with Crippen LogP contribution in [0.15, 0.2) is 12.3 Å². The van der Waals surface area contributed by atoms with Crippen LogP contribution < -0.4 is 4.74 Å². The number of hydrogen-bond donors (Lipinski definition) is 0. The number of ether oxygens (including phenoxy) is 1. The van der Waals surface area contributed by atoms with E-state index in [9.17, 15) is 0 Å². The number of halogens is 1. The summed E-state index contributed by atoms with van der Waals surface area (Å²) in [6.45, 7) is 0. The van der Waals surface area contributed by atoms with E-state index in [1.807, 2.05) is 0 Å². The minimum absolute atomic E-state index is 0.416.